The van der Waals surface area contributed by atoms with E-state index in [0.29, 0.717) is 18.4 Å². The maximum Gasteiger partial charge on any atom is 0.226 e. The summed E-state index contributed by atoms with van der Waals surface area (Å²) in [5.74, 6) is 1.11. The molecule has 0 spiro atoms. The molecule has 2 rings (SSSR count). The standard InChI is InChI=1S/C13H16N4O/c1-10(2)18-12-6-8-15-13(17-12)16-9-11-5-3-4-7-14-11/h3-8,10H,9H2,1-2H3,(H,15,16,17). The number of hydrogen-bond donors (Lipinski definition) is 1. The predicted molar refractivity (Wildman–Crippen MR) is 69.4 cm³/mol. The van der Waals surface area contributed by atoms with Crippen molar-refractivity contribution < 1.29 is 4.74 Å². The molecule has 2 aromatic rings. The topological polar surface area (TPSA) is 59.9 Å². The van der Waals surface area contributed by atoms with Gasteiger partial charge in [0.25, 0.3) is 0 Å². The minimum Gasteiger partial charge on any atom is -0.475 e. The molecule has 18 heavy (non-hydrogen) atoms. The van der Waals surface area contributed by atoms with Crippen molar-refractivity contribution in [3.63, 3.8) is 0 Å². The Hall–Kier alpha value is -2.17. The van der Waals surface area contributed by atoms with Crippen LogP contribution >= 0.6 is 0 Å². The Labute approximate surface area is 106 Å². The zero-order chi connectivity index (χ0) is 12.8. The number of pyridine rings is 1. The molecule has 5 heteroatoms. The van der Waals surface area contributed by atoms with Gasteiger partial charge in [0.05, 0.1) is 18.3 Å². The molecule has 5 nitrogen and oxygen atoms in total. The van der Waals surface area contributed by atoms with Crippen molar-refractivity contribution in [1.82, 2.24) is 15.0 Å². The lowest BCUT2D eigenvalue weighted by Crippen LogP contribution is -2.09. The average Bonchev–Trinajstić information content (AvgIpc) is 2.37. The highest BCUT2D eigenvalue weighted by molar-refractivity contribution is 5.28. The van der Waals surface area contributed by atoms with Crippen molar-refractivity contribution in [2.75, 3.05) is 5.32 Å². The zero-order valence-corrected chi connectivity index (χ0v) is 10.5. The second-order valence-electron chi connectivity index (χ2n) is 4.06. The molecular weight excluding hydrogens is 228 g/mol. The van der Waals surface area contributed by atoms with Gasteiger partial charge < -0.3 is 10.1 Å². The Morgan fingerprint density at radius 2 is 2.06 bits per heavy atom. The van der Waals surface area contributed by atoms with Gasteiger partial charge in [-0.25, -0.2) is 4.98 Å². The van der Waals surface area contributed by atoms with Crippen LogP contribution in [0.2, 0.25) is 0 Å². The first-order chi connectivity index (χ1) is 8.74. The van der Waals surface area contributed by atoms with Crippen LogP contribution in [0.25, 0.3) is 0 Å². The minimum absolute atomic E-state index is 0.101. The lowest BCUT2D eigenvalue weighted by atomic mass is 10.3. The molecule has 0 aliphatic rings. The summed E-state index contributed by atoms with van der Waals surface area (Å²) in [4.78, 5) is 12.6. The molecule has 0 saturated heterocycles. The number of anilines is 1. The molecule has 2 heterocycles. The van der Waals surface area contributed by atoms with E-state index >= 15 is 0 Å². The van der Waals surface area contributed by atoms with Gasteiger partial charge in [-0.2, -0.15) is 4.98 Å². The number of hydrogen-bond acceptors (Lipinski definition) is 5. The number of ether oxygens (including phenoxy) is 1. The highest BCUT2D eigenvalue weighted by Gasteiger charge is 2.02. The van der Waals surface area contributed by atoms with Crippen LogP contribution in [-0.4, -0.2) is 21.1 Å². The van der Waals surface area contributed by atoms with Crippen molar-refractivity contribution in [3.05, 3.63) is 42.4 Å². The van der Waals surface area contributed by atoms with Crippen LogP contribution < -0.4 is 10.1 Å². The van der Waals surface area contributed by atoms with E-state index in [2.05, 4.69) is 20.3 Å². The second kappa shape index (κ2) is 5.95. The smallest absolute Gasteiger partial charge is 0.226 e. The van der Waals surface area contributed by atoms with Crippen molar-refractivity contribution in [2.24, 2.45) is 0 Å². The van der Waals surface area contributed by atoms with E-state index in [1.54, 1.807) is 18.5 Å². The van der Waals surface area contributed by atoms with Gasteiger partial charge in [0.1, 0.15) is 0 Å². The number of nitrogens with zero attached hydrogens (tertiary/aromatic N) is 3. The van der Waals surface area contributed by atoms with Gasteiger partial charge >= 0.3 is 0 Å². The van der Waals surface area contributed by atoms with E-state index in [1.165, 1.54) is 0 Å². The third kappa shape index (κ3) is 3.69. The van der Waals surface area contributed by atoms with Crippen LogP contribution in [0.1, 0.15) is 19.5 Å². The van der Waals surface area contributed by atoms with E-state index in [9.17, 15) is 0 Å². The first-order valence-corrected chi connectivity index (χ1v) is 5.87. The SMILES string of the molecule is CC(C)Oc1ccnc(NCc2ccccn2)n1. The van der Waals surface area contributed by atoms with Crippen molar-refractivity contribution >= 4 is 5.95 Å². The molecule has 0 radical (unpaired) electrons. The Balaban J connectivity index is 1.97. The molecular formula is C13H16N4O. The first-order valence-electron chi connectivity index (χ1n) is 5.87. The van der Waals surface area contributed by atoms with Crippen LogP contribution in [0.3, 0.4) is 0 Å². The van der Waals surface area contributed by atoms with E-state index in [0.717, 1.165) is 5.69 Å². The summed E-state index contributed by atoms with van der Waals surface area (Å²) in [7, 11) is 0. The van der Waals surface area contributed by atoms with Crippen molar-refractivity contribution in [1.29, 1.82) is 0 Å². The summed E-state index contributed by atoms with van der Waals surface area (Å²) < 4.78 is 5.50. The Bertz CT molecular complexity index is 487. The third-order valence-electron chi connectivity index (χ3n) is 2.14. The maximum absolute atomic E-state index is 5.50. The molecule has 0 bridgehead atoms. The van der Waals surface area contributed by atoms with Crippen LogP contribution in [0.15, 0.2) is 36.7 Å². The molecule has 2 aromatic heterocycles. The monoisotopic (exact) mass is 244 g/mol. The molecule has 0 aromatic carbocycles. The van der Waals surface area contributed by atoms with E-state index in [4.69, 9.17) is 4.74 Å². The van der Waals surface area contributed by atoms with Gasteiger partial charge in [-0.15, -0.1) is 0 Å². The molecule has 94 valence electrons. The van der Waals surface area contributed by atoms with E-state index < -0.39 is 0 Å². The lowest BCUT2D eigenvalue weighted by Gasteiger charge is -2.09. The fourth-order valence-corrected chi connectivity index (χ4v) is 1.41. The number of aromatic nitrogens is 3. The fraction of sp³-hybridized carbons (Fsp3) is 0.308. The molecule has 0 fully saturated rings. The molecule has 0 saturated carbocycles. The molecule has 1 N–H and O–H groups in total. The summed E-state index contributed by atoms with van der Waals surface area (Å²) in [5, 5.41) is 3.11. The van der Waals surface area contributed by atoms with E-state index in [1.807, 2.05) is 32.0 Å². The van der Waals surface area contributed by atoms with Crippen LogP contribution in [0, 0.1) is 0 Å². The Kier molecular flexibility index (Phi) is 4.06. The summed E-state index contributed by atoms with van der Waals surface area (Å²) in [6.07, 6.45) is 3.53. The molecule has 0 atom stereocenters. The summed E-state index contributed by atoms with van der Waals surface area (Å²) >= 11 is 0. The quantitative estimate of drug-likeness (QED) is 0.874. The van der Waals surface area contributed by atoms with Gasteiger partial charge in [-0.3, -0.25) is 4.98 Å². The lowest BCUT2D eigenvalue weighted by molar-refractivity contribution is 0.232. The number of nitrogens with one attached hydrogen (secondary N) is 1. The first kappa shape index (κ1) is 12.3. The van der Waals surface area contributed by atoms with Crippen molar-refractivity contribution in [3.8, 4) is 5.88 Å². The molecule has 0 unspecified atom stereocenters. The van der Waals surface area contributed by atoms with E-state index in [-0.39, 0.29) is 6.10 Å². The summed E-state index contributed by atoms with van der Waals surface area (Å²) in [5.41, 5.74) is 0.941. The van der Waals surface area contributed by atoms with Gasteiger partial charge in [-0.05, 0) is 26.0 Å². The third-order valence-corrected chi connectivity index (χ3v) is 2.14. The fourth-order valence-electron chi connectivity index (χ4n) is 1.41. The second-order valence-corrected chi connectivity index (χ2v) is 4.06. The minimum atomic E-state index is 0.101. The average molecular weight is 244 g/mol. The van der Waals surface area contributed by atoms with Gasteiger partial charge in [0.15, 0.2) is 0 Å². The molecule has 0 aliphatic heterocycles. The summed E-state index contributed by atoms with van der Waals surface area (Å²) in [6.45, 7) is 4.51. The van der Waals surface area contributed by atoms with Crippen molar-refractivity contribution in [2.45, 2.75) is 26.5 Å². The van der Waals surface area contributed by atoms with Gasteiger partial charge in [0.2, 0.25) is 11.8 Å². The van der Waals surface area contributed by atoms with Crippen LogP contribution in [0.4, 0.5) is 5.95 Å². The Morgan fingerprint density at radius 3 is 2.78 bits per heavy atom. The highest BCUT2D eigenvalue weighted by atomic mass is 16.5. The van der Waals surface area contributed by atoms with Gasteiger partial charge in [-0.1, -0.05) is 6.07 Å². The molecule has 0 amide bonds. The van der Waals surface area contributed by atoms with Crippen LogP contribution in [0.5, 0.6) is 5.88 Å². The molecule has 0 aliphatic carbocycles. The maximum atomic E-state index is 5.50. The largest absolute Gasteiger partial charge is 0.475 e. The summed E-state index contributed by atoms with van der Waals surface area (Å²) in [6, 6.07) is 7.52. The Morgan fingerprint density at radius 1 is 1.17 bits per heavy atom. The number of rotatable bonds is 5. The normalized spacial score (nSPS) is 10.4. The predicted octanol–water partition coefficient (Wildman–Crippen LogP) is 2.27. The highest BCUT2D eigenvalue weighted by Crippen LogP contribution is 2.10. The zero-order valence-electron chi connectivity index (χ0n) is 10.5. The van der Waals surface area contributed by atoms with Crippen LogP contribution in [-0.2, 0) is 6.54 Å². The van der Waals surface area contributed by atoms with Gasteiger partial charge in [0, 0.05) is 18.5 Å².